The van der Waals surface area contributed by atoms with Gasteiger partial charge in [-0.2, -0.15) is 0 Å². The summed E-state index contributed by atoms with van der Waals surface area (Å²) in [5.41, 5.74) is -3.63. The molecule has 1 aliphatic rings. The summed E-state index contributed by atoms with van der Waals surface area (Å²) in [5.74, 6) is -7.11. The maximum atomic E-state index is 14.4. The largest absolute Gasteiger partial charge is 0.516 e. The van der Waals surface area contributed by atoms with Gasteiger partial charge in [0.15, 0.2) is 11.6 Å². The lowest BCUT2D eigenvalue weighted by molar-refractivity contribution is -0.143. The molecule has 1 fully saturated rings. The summed E-state index contributed by atoms with van der Waals surface area (Å²) in [5, 5.41) is 0. The van der Waals surface area contributed by atoms with Crippen LogP contribution in [0.3, 0.4) is 0 Å². The van der Waals surface area contributed by atoms with Crippen molar-refractivity contribution in [2.45, 2.75) is 32.1 Å². The van der Waals surface area contributed by atoms with Crippen LogP contribution in [0.5, 0.6) is 0 Å². The topological polar surface area (TPSA) is 78.9 Å². The Labute approximate surface area is 140 Å². The van der Waals surface area contributed by atoms with Crippen LogP contribution in [-0.2, 0) is 24.4 Å². The average molecular weight is 360 g/mol. The van der Waals surface area contributed by atoms with Gasteiger partial charge in [-0.3, -0.25) is 4.79 Å². The first kappa shape index (κ1) is 18.8. The van der Waals surface area contributed by atoms with E-state index < -0.39 is 52.1 Å². The molecule has 0 atom stereocenters. The number of esters is 2. The number of ether oxygens (including phenoxy) is 3. The quantitative estimate of drug-likeness (QED) is 0.456. The first-order chi connectivity index (χ1) is 11.8. The first-order valence-electron chi connectivity index (χ1n) is 7.52. The van der Waals surface area contributed by atoms with Crippen molar-refractivity contribution >= 4 is 18.1 Å². The lowest BCUT2D eigenvalue weighted by Gasteiger charge is -2.17. The van der Waals surface area contributed by atoms with Crippen molar-refractivity contribution < 1.29 is 41.8 Å². The lowest BCUT2D eigenvalue weighted by atomic mass is 9.93. The molecular formula is C16H15F3O6. The molecule has 1 saturated carbocycles. The summed E-state index contributed by atoms with van der Waals surface area (Å²) >= 11 is 0. The third-order valence-electron chi connectivity index (χ3n) is 3.71. The molecule has 136 valence electrons. The van der Waals surface area contributed by atoms with Crippen molar-refractivity contribution in [2.75, 3.05) is 13.2 Å². The van der Waals surface area contributed by atoms with E-state index in [1.54, 1.807) is 0 Å². The minimum absolute atomic E-state index is 0.0444. The fourth-order valence-corrected chi connectivity index (χ4v) is 2.39. The molecule has 0 spiro atoms. The molecule has 6 nitrogen and oxygen atoms in total. The van der Waals surface area contributed by atoms with Gasteiger partial charge in [0.2, 0.25) is 0 Å². The van der Waals surface area contributed by atoms with Crippen LogP contribution in [0.4, 0.5) is 18.0 Å². The van der Waals surface area contributed by atoms with Gasteiger partial charge in [0, 0.05) is 5.56 Å². The highest BCUT2D eigenvalue weighted by Crippen LogP contribution is 2.51. The van der Waals surface area contributed by atoms with Crippen LogP contribution in [-0.4, -0.2) is 31.3 Å². The van der Waals surface area contributed by atoms with Crippen molar-refractivity contribution in [1.82, 2.24) is 0 Å². The normalized spacial score (nSPS) is 14.6. The molecule has 1 aromatic carbocycles. The van der Waals surface area contributed by atoms with Gasteiger partial charge in [0.05, 0.1) is 18.6 Å². The molecule has 0 aliphatic heterocycles. The molecule has 25 heavy (non-hydrogen) atoms. The van der Waals surface area contributed by atoms with Crippen LogP contribution in [0.15, 0.2) is 6.07 Å². The number of carbonyl (C=O) groups is 3. The molecule has 0 bridgehead atoms. The van der Waals surface area contributed by atoms with Crippen LogP contribution < -0.4 is 0 Å². The molecule has 0 heterocycles. The second-order valence-electron chi connectivity index (χ2n) is 5.28. The molecule has 0 aromatic heterocycles. The van der Waals surface area contributed by atoms with Crippen molar-refractivity contribution in [2.24, 2.45) is 0 Å². The predicted octanol–water partition coefficient (Wildman–Crippen LogP) is 3.01. The number of hydrogen-bond donors (Lipinski definition) is 0. The Bertz CT molecular complexity index is 727. The molecule has 0 amide bonds. The summed E-state index contributed by atoms with van der Waals surface area (Å²) in [6.45, 7) is 2.74. The number of halogens is 3. The fraction of sp³-hybridized carbons (Fsp3) is 0.438. The molecule has 0 saturated heterocycles. The number of hydrogen-bond acceptors (Lipinski definition) is 6. The Hall–Kier alpha value is -2.58. The Balaban J connectivity index is 2.39. The van der Waals surface area contributed by atoms with E-state index in [1.165, 1.54) is 13.8 Å². The van der Waals surface area contributed by atoms with Gasteiger partial charge < -0.3 is 14.2 Å². The summed E-state index contributed by atoms with van der Waals surface area (Å²) in [6.07, 6.45) is -1.41. The minimum Gasteiger partial charge on any atom is -0.462 e. The van der Waals surface area contributed by atoms with Gasteiger partial charge in [-0.15, -0.1) is 0 Å². The highest BCUT2D eigenvalue weighted by Gasteiger charge is 2.57. The highest BCUT2D eigenvalue weighted by molar-refractivity contribution is 5.94. The summed E-state index contributed by atoms with van der Waals surface area (Å²) < 4.78 is 56.2. The Morgan fingerprint density at radius 3 is 2.16 bits per heavy atom. The maximum Gasteiger partial charge on any atom is 0.516 e. The molecule has 2 rings (SSSR count). The van der Waals surface area contributed by atoms with Crippen molar-refractivity contribution in [3.8, 4) is 0 Å². The van der Waals surface area contributed by atoms with E-state index in [0.29, 0.717) is 6.07 Å². The first-order valence-corrected chi connectivity index (χ1v) is 7.52. The number of rotatable bonds is 5. The SMILES string of the molecule is CCOC(=O)OC(=O)C1(c2c(F)cc(C(=O)OCC)c(F)c2F)CC1. The van der Waals surface area contributed by atoms with E-state index in [1.807, 2.05) is 0 Å². The van der Waals surface area contributed by atoms with Gasteiger partial charge in [0.1, 0.15) is 11.4 Å². The van der Waals surface area contributed by atoms with Crippen molar-refractivity contribution in [3.63, 3.8) is 0 Å². The smallest absolute Gasteiger partial charge is 0.462 e. The van der Waals surface area contributed by atoms with Crippen LogP contribution in [0.1, 0.15) is 42.6 Å². The van der Waals surface area contributed by atoms with Crippen LogP contribution in [0.25, 0.3) is 0 Å². The van der Waals surface area contributed by atoms with Crippen molar-refractivity contribution in [1.29, 1.82) is 0 Å². The van der Waals surface area contributed by atoms with Gasteiger partial charge in [0.25, 0.3) is 0 Å². The van der Waals surface area contributed by atoms with Gasteiger partial charge in [-0.25, -0.2) is 22.8 Å². The summed E-state index contributed by atoms with van der Waals surface area (Å²) in [6, 6.07) is 0.462. The van der Waals surface area contributed by atoms with E-state index in [9.17, 15) is 27.6 Å². The predicted molar refractivity (Wildman–Crippen MR) is 76.3 cm³/mol. The standard InChI is InChI=1S/C16H15F3O6/c1-3-23-13(20)8-7-9(17)10(12(19)11(8)18)16(5-6-16)14(21)25-15(22)24-4-2/h7H,3-6H2,1-2H3. The minimum atomic E-state index is -1.82. The average Bonchev–Trinajstić information content (AvgIpc) is 3.33. The zero-order valence-electron chi connectivity index (χ0n) is 13.5. The monoisotopic (exact) mass is 360 g/mol. The van der Waals surface area contributed by atoms with Crippen LogP contribution in [0, 0.1) is 17.5 Å². The number of benzene rings is 1. The summed E-state index contributed by atoms with van der Waals surface area (Å²) in [7, 11) is 0. The molecule has 0 N–H and O–H groups in total. The molecule has 0 radical (unpaired) electrons. The van der Waals surface area contributed by atoms with Gasteiger partial charge in [-0.1, -0.05) is 0 Å². The Morgan fingerprint density at radius 1 is 1.04 bits per heavy atom. The van der Waals surface area contributed by atoms with E-state index in [4.69, 9.17) is 0 Å². The molecule has 0 unspecified atom stereocenters. The van der Waals surface area contributed by atoms with E-state index >= 15 is 0 Å². The van der Waals surface area contributed by atoms with Gasteiger partial charge >= 0.3 is 18.1 Å². The summed E-state index contributed by atoms with van der Waals surface area (Å²) in [4.78, 5) is 34.9. The van der Waals surface area contributed by atoms with E-state index in [0.717, 1.165) is 0 Å². The zero-order valence-corrected chi connectivity index (χ0v) is 13.5. The molecular weight excluding hydrogens is 345 g/mol. The van der Waals surface area contributed by atoms with Gasteiger partial charge in [-0.05, 0) is 32.8 Å². The second-order valence-corrected chi connectivity index (χ2v) is 5.28. The Morgan fingerprint density at radius 2 is 1.64 bits per heavy atom. The fourth-order valence-electron chi connectivity index (χ4n) is 2.39. The number of carbonyl (C=O) groups excluding carboxylic acids is 3. The third-order valence-corrected chi connectivity index (χ3v) is 3.71. The second kappa shape index (κ2) is 7.12. The highest BCUT2D eigenvalue weighted by atomic mass is 19.2. The van der Waals surface area contributed by atoms with Crippen LogP contribution in [0.2, 0.25) is 0 Å². The van der Waals surface area contributed by atoms with E-state index in [-0.39, 0.29) is 26.1 Å². The molecule has 1 aromatic rings. The van der Waals surface area contributed by atoms with Crippen molar-refractivity contribution in [3.05, 3.63) is 34.6 Å². The zero-order chi connectivity index (χ0) is 18.8. The maximum absolute atomic E-state index is 14.4. The molecule has 1 aliphatic carbocycles. The Kier molecular flexibility index (Phi) is 5.34. The molecule has 9 heteroatoms. The third kappa shape index (κ3) is 3.45. The van der Waals surface area contributed by atoms with E-state index in [2.05, 4.69) is 14.2 Å². The lowest BCUT2D eigenvalue weighted by Crippen LogP contribution is -2.29. The van der Waals surface area contributed by atoms with Crippen LogP contribution >= 0.6 is 0 Å².